The standard InChI is InChI=1S/C20H24FN3O2/c1-6-26-20(25)15-12(4)22-19-17(18(11(2)3)23-24(19)5)16(15)13-9-7-8-10-14(13)21/h7-11,15-16H,6H2,1-5H3. The van der Waals surface area contributed by atoms with E-state index in [2.05, 4.69) is 10.1 Å². The number of benzene rings is 1. The fraction of sp³-hybridized carbons (Fsp3) is 0.450. The molecule has 1 aliphatic rings. The summed E-state index contributed by atoms with van der Waals surface area (Å²) in [4.78, 5) is 17.4. The van der Waals surface area contributed by atoms with Crippen LogP contribution in [0.2, 0.25) is 0 Å². The van der Waals surface area contributed by atoms with Crippen LogP contribution in [0.25, 0.3) is 0 Å². The molecule has 0 bridgehead atoms. The van der Waals surface area contributed by atoms with Crippen molar-refractivity contribution in [3.63, 3.8) is 0 Å². The number of nitrogens with zero attached hydrogens (tertiary/aromatic N) is 3. The van der Waals surface area contributed by atoms with Crippen molar-refractivity contribution in [2.45, 2.75) is 39.5 Å². The molecule has 0 amide bonds. The fourth-order valence-electron chi connectivity index (χ4n) is 3.65. The number of fused-ring (bicyclic) bond motifs is 1. The molecule has 2 atom stereocenters. The normalized spacial score (nSPS) is 19.3. The van der Waals surface area contributed by atoms with Gasteiger partial charge in [0.2, 0.25) is 0 Å². The third kappa shape index (κ3) is 2.93. The summed E-state index contributed by atoms with van der Waals surface area (Å²) < 4.78 is 21.7. The molecule has 1 aromatic carbocycles. The third-order valence-electron chi connectivity index (χ3n) is 4.79. The Labute approximate surface area is 152 Å². The number of aliphatic imine (C=N–C) groups is 1. The molecule has 6 heteroatoms. The lowest BCUT2D eigenvalue weighted by atomic mass is 9.75. The molecule has 0 aliphatic carbocycles. The van der Waals surface area contributed by atoms with Crippen LogP contribution in [0.3, 0.4) is 0 Å². The molecule has 0 saturated heterocycles. The van der Waals surface area contributed by atoms with Crippen LogP contribution in [0.4, 0.5) is 10.2 Å². The predicted molar refractivity (Wildman–Crippen MR) is 98.4 cm³/mol. The van der Waals surface area contributed by atoms with E-state index >= 15 is 0 Å². The number of rotatable bonds is 4. The molecule has 0 saturated carbocycles. The largest absolute Gasteiger partial charge is 0.465 e. The number of halogens is 1. The van der Waals surface area contributed by atoms with Gasteiger partial charge in [0.15, 0.2) is 5.82 Å². The Bertz CT molecular complexity index is 870. The summed E-state index contributed by atoms with van der Waals surface area (Å²) in [5, 5.41) is 4.61. The van der Waals surface area contributed by atoms with Crippen LogP contribution in [0.15, 0.2) is 29.3 Å². The van der Waals surface area contributed by atoms with Crippen LogP contribution in [0, 0.1) is 11.7 Å². The highest BCUT2D eigenvalue weighted by Gasteiger charge is 2.43. The molecule has 0 spiro atoms. The van der Waals surface area contributed by atoms with Gasteiger partial charge in [-0.1, -0.05) is 32.0 Å². The number of carbonyl (C=O) groups excluding carboxylic acids is 1. The van der Waals surface area contributed by atoms with Crippen molar-refractivity contribution in [1.82, 2.24) is 9.78 Å². The van der Waals surface area contributed by atoms with Gasteiger partial charge in [0, 0.05) is 24.2 Å². The maximum atomic E-state index is 14.7. The number of hydrogen-bond donors (Lipinski definition) is 0. The van der Waals surface area contributed by atoms with Gasteiger partial charge >= 0.3 is 5.97 Å². The zero-order chi connectivity index (χ0) is 19.0. The van der Waals surface area contributed by atoms with Gasteiger partial charge in [0.25, 0.3) is 0 Å². The van der Waals surface area contributed by atoms with Crippen molar-refractivity contribution in [1.29, 1.82) is 0 Å². The highest BCUT2D eigenvalue weighted by Crippen LogP contribution is 2.46. The maximum absolute atomic E-state index is 14.7. The lowest BCUT2D eigenvalue weighted by Crippen LogP contribution is -2.34. The predicted octanol–water partition coefficient (Wildman–Crippen LogP) is 4.10. The molecule has 1 aliphatic heterocycles. The Morgan fingerprint density at radius 3 is 2.65 bits per heavy atom. The van der Waals surface area contributed by atoms with E-state index in [4.69, 9.17) is 4.74 Å². The highest BCUT2D eigenvalue weighted by molar-refractivity contribution is 6.05. The summed E-state index contributed by atoms with van der Waals surface area (Å²) in [5.41, 5.74) is 2.73. The lowest BCUT2D eigenvalue weighted by molar-refractivity contribution is -0.146. The molecule has 0 radical (unpaired) electrons. The topological polar surface area (TPSA) is 56.5 Å². The first-order valence-corrected chi connectivity index (χ1v) is 8.89. The molecule has 1 aromatic heterocycles. The van der Waals surface area contributed by atoms with Crippen LogP contribution >= 0.6 is 0 Å². The van der Waals surface area contributed by atoms with Gasteiger partial charge in [-0.3, -0.25) is 9.48 Å². The molecule has 0 N–H and O–H groups in total. The van der Waals surface area contributed by atoms with Gasteiger partial charge in [0.1, 0.15) is 11.7 Å². The summed E-state index contributed by atoms with van der Waals surface area (Å²) in [5.74, 6) is -1.09. The second-order valence-corrected chi connectivity index (χ2v) is 6.88. The van der Waals surface area contributed by atoms with Crippen LogP contribution in [0.1, 0.15) is 56.4 Å². The Kier molecular flexibility index (Phi) is 4.94. The van der Waals surface area contributed by atoms with E-state index in [-0.39, 0.29) is 24.3 Å². The number of hydrogen-bond acceptors (Lipinski definition) is 4. The molecular formula is C20H24FN3O2. The van der Waals surface area contributed by atoms with Gasteiger partial charge in [0.05, 0.1) is 12.3 Å². The maximum Gasteiger partial charge on any atom is 0.315 e. The second kappa shape index (κ2) is 7.02. The van der Waals surface area contributed by atoms with E-state index in [1.165, 1.54) is 6.07 Å². The summed E-state index contributed by atoms with van der Waals surface area (Å²) in [6.07, 6.45) is 0. The van der Waals surface area contributed by atoms with Crippen molar-refractivity contribution in [2.24, 2.45) is 18.0 Å². The first-order chi connectivity index (χ1) is 12.4. The molecule has 2 heterocycles. The average Bonchev–Trinajstić information content (AvgIpc) is 2.91. The van der Waals surface area contributed by atoms with Crippen LogP contribution in [-0.2, 0) is 16.6 Å². The minimum absolute atomic E-state index is 0.121. The smallest absolute Gasteiger partial charge is 0.315 e. The molecule has 26 heavy (non-hydrogen) atoms. The van der Waals surface area contributed by atoms with Crippen LogP contribution in [0.5, 0.6) is 0 Å². The Morgan fingerprint density at radius 1 is 1.35 bits per heavy atom. The van der Waals surface area contributed by atoms with E-state index in [0.29, 0.717) is 17.1 Å². The second-order valence-electron chi connectivity index (χ2n) is 6.88. The first kappa shape index (κ1) is 18.3. The van der Waals surface area contributed by atoms with Crippen molar-refractivity contribution in [3.05, 3.63) is 46.9 Å². The molecule has 2 unspecified atom stereocenters. The number of aromatic nitrogens is 2. The molecule has 2 aromatic rings. The summed E-state index contributed by atoms with van der Waals surface area (Å²) in [6.45, 7) is 7.89. The van der Waals surface area contributed by atoms with Gasteiger partial charge in [-0.05, 0) is 31.4 Å². The Morgan fingerprint density at radius 2 is 2.04 bits per heavy atom. The minimum atomic E-state index is -0.666. The summed E-state index contributed by atoms with van der Waals surface area (Å²) in [6, 6.07) is 6.58. The van der Waals surface area contributed by atoms with E-state index in [9.17, 15) is 9.18 Å². The number of ether oxygens (including phenoxy) is 1. The van der Waals surface area contributed by atoms with Crippen molar-refractivity contribution in [3.8, 4) is 0 Å². The summed E-state index contributed by atoms with van der Waals surface area (Å²) in [7, 11) is 1.82. The number of esters is 1. The highest BCUT2D eigenvalue weighted by atomic mass is 19.1. The first-order valence-electron chi connectivity index (χ1n) is 8.89. The van der Waals surface area contributed by atoms with E-state index in [0.717, 1.165) is 11.3 Å². The number of aryl methyl sites for hydroxylation is 1. The van der Waals surface area contributed by atoms with Crippen LogP contribution < -0.4 is 0 Å². The molecular weight excluding hydrogens is 333 g/mol. The fourth-order valence-corrected chi connectivity index (χ4v) is 3.65. The molecule has 138 valence electrons. The van der Waals surface area contributed by atoms with E-state index in [1.54, 1.807) is 36.7 Å². The molecule has 5 nitrogen and oxygen atoms in total. The van der Waals surface area contributed by atoms with Gasteiger partial charge < -0.3 is 4.74 Å². The van der Waals surface area contributed by atoms with Crippen molar-refractivity contribution < 1.29 is 13.9 Å². The minimum Gasteiger partial charge on any atom is -0.465 e. The monoisotopic (exact) mass is 357 g/mol. The van der Waals surface area contributed by atoms with Gasteiger partial charge in [-0.2, -0.15) is 5.10 Å². The zero-order valence-electron chi connectivity index (χ0n) is 15.8. The van der Waals surface area contributed by atoms with Crippen LogP contribution in [-0.4, -0.2) is 28.1 Å². The third-order valence-corrected chi connectivity index (χ3v) is 4.79. The van der Waals surface area contributed by atoms with E-state index in [1.807, 2.05) is 20.9 Å². The number of carbonyl (C=O) groups is 1. The van der Waals surface area contributed by atoms with Crippen molar-refractivity contribution in [2.75, 3.05) is 6.61 Å². The molecule has 3 rings (SSSR count). The van der Waals surface area contributed by atoms with Crippen molar-refractivity contribution >= 4 is 17.5 Å². The average molecular weight is 357 g/mol. The zero-order valence-corrected chi connectivity index (χ0v) is 15.8. The Hall–Kier alpha value is -2.50. The van der Waals surface area contributed by atoms with E-state index < -0.39 is 11.8 Å². The summed E-state index contributed by atoms with van der Waals surface area (Å²) >= 11 is 0. The Balaban J connectivity index is 2.29. The molecule has 0 fully saturated rings. The van der Waals surface area contributed by atoms with Gasteiger partial charge in [-0.25, -0.2) is 9.38 Å². The quantitative estimate of drug-likeness (QED) is 0.774. The SMILES string of the molecule is CCOC(=O)C1C(C)=Nc2c(c(C(C)C)nn2C)C1c1ccccc1F. The van der Waals surface area contributed by atoms with Gasteiger partial charge in [-0.15, -0.1) is 0 Å². The lowest BCUT2D eigenvalue weighted by Gasteiger charge is -2.30.